The highest BCUT2D eigenvalue weighted by Gasteiger charge is 2.15. The minimum atomic E-state index is -4.13. The molecule has 12 heavy (non-hydrogen) atoms. The van der Waals surface area contributed by atoms with E-state index in [4.69, 9.17) is 4.55 Å². The molecule has 0 amide bonds. The molecule has 66 valence electrons. The number of rotatable bonds is 1. The van der Waals surface area contributed by atoms with Gasteiger partial charge in [0.2, 0.25) is 0 Å². The van der Waals surface area contributed by atoms with Crippen LogP contribution < -0.4 is 5.32 Å². The molecule has 0 aliphatic carbocycles. The van der Waals surface area contributed by atoms with Gasteiger partial charge < -0.3 is 5.32 Å². The Labute approximate surface area is 71.0 Å². The van der Waals surface area contributed by atoms with E-state index in [-0.39, 0.29) is 5.03 Å². The van der Waals surface area contributed by atoms with Crippen LogP contribution in [0.1, 0.15) is 6.92 Å². The number of allylic oxidation sites excluding steroid dienone is 4. The summed E-state index contributed by atoms with van der Waals surface area (Å²) in [5, 5.41) is 2.30. The zero-order valence-corrected chi connectivity index (χ0v) is 7.30. The van der Waals surface area contributed by atoms with Gasteiger partial charge >= 0.3 is 10.1 Å². The lowest BCUT2D eigenvalue weighted by atomic mass is 10.3. The van der Waals surface area contributed by atoms with Crippen molar-refractivity contribution in [2.75, 3.05) is 0 Å². The highest BCUT2D eigenvalue weighted by Crippen LogP contribution is 2.10. The van der Waals surface area contributed by atoms with E-state index in [9.17, 15) is 8.42 Å². The molecule has 5 heteroatoms. The third-order valence-corrected chi connectivity index (χ3v) is 2.34. The topological polar surface area (TPSA) is 66.4 Å². The molecule has 0 radical (unpaired) electrons. The lowest BCUT2D eigenvalue weighted by molar-refractivity contribution is 0.488. The third-order valence-electron chi connectivity index (χ3n) is 1.38. The second kappa shape index (κ2) is 3.12. The first kappa shape index (κ1) is 9.02. The molecule has 1 heterocycles. The second-order valence-electron chi connectivity index (χ2n) is 2.35. The Morgan fingerprint density at radius 2 is 2.08 bits per heavy atom. The van der Waals surface area contributed by atoms with Gasteiger partial charge in [0.25, 0.3) is 0 Å². The molecular weight excluding hydrogens is 178 g/mol. The molecule has 1 rings (SSSR count). The van der Waals surface area contributed by atoms with E-state index in [1.165, 1.54) is 6.20 Å². The molecule has 4 nitrogen and oxygen atoms in total. The maximum absolute atomic E-state index is 10.7. The van der Waals surface area contributed by atoms with E-state index in [0.717, 1.165) is 0 Å². The lowest BCUT2D eigenvalue weighted by Gasteiger charge is -2.03. The fourth-order valence-corrected chi connectivity index (χ4v) is 1.54. The van der Waals surface area contributed by atoms with Crippen molar-refractivity contribution >= 4 is 10.1 Å². The molecule has 0 spiro atoms. The SMILES string of the molecule is CC1=C(S(=O)(=O)O)NC=CC=C1. The molecule has 2 N–H and O–H groups in total. The zero-order valence-electron chi connectivity index (χ0n) is 6.48. The Hall–Kier alpha value is -1.07. The quantitative estimate of drug-likeness (QED) is 0.595. The lowest BCUT2D eigenvalue weighted by Crippen LogP contribution is -2.16. The van der Waals surface area contributed by atoms with Crippen LogP contribution in [0, 0.1) is 0 Å². The Bertz CT molecular complexity index is 362. The van der Waals surface area contributed by atoms with Crippen molar-refractivity contribution in [1.82, 2.24) is 5.32 Å². The van der Waals surface area contributed by atoms with Crippen LogP contribution in [-0.2, 0) is 10.1 Å². The summed E-state index contributed by atoms with van der Waals surface area (Å²) in [6.07, 6.45) is 6.36. The monoisotopic (exact) mass is 187 g/mol. The van der Waals surface area contributed by atoms with E-state index in [1.807, 2.05) is 0 Å². The largest absolute Gasteiger partial charge is 0.350 e. The Morgan fingerprint density at radius 1 is 1.42 bits per heavy atom. The van der Waals surface area contributed by atoms with Crippen molar-refractivity contribution in [3.8, 4) is 0 Å². The fourth-order valence-electron chi connectivity index (χ4n) is 0.847. The molecular formula is C7H9NO3S. The summed E-state index contributed by atoms with van der Waals surface area (Å²) in [5.74, 6) is 0. The van der Waals surface area contributed by atoms with E-state index < -0.39 is 10.1 Å². The van der Waals surface area contributed by atoms with Gasteiger partial charge in [0.15, 0.2) is 5.03 Å². The van der Waals surface area contributed by atoms with Crippen LogP contribution in [0.2, 0.25) is 0 Å². The summed E-state index contributed by atoms with van der Waals surface area (Å²) in [6.45, 7) is 1.60. The van der Waals surface area contributed by atoms with Gasteiger partial charge in [-0.05, 0) is 18.6 Å². The van der Waals surface area contributed by atoms with Crippen molar-refractivity contribution in [3.05, 3.63) is 35.0 Å². The van der Waals surface area contributed by atoms with Crippen molar-refractivity contribution < 1.29 is 13.0 Å². The van der Waals surface area contributed by atoms with Gasteiger partial charge in [-0.2, -0.15) is 8.42 Å². The number of hydrogen-bond acceptors (Lipinski definition) is 3. The van der Waals surface area contributed by atoms with Gasteiger partial charge in [-0.1, -0.05) is 12.2 Å². The molecule has 1 aliphatic heterocycles. The van der Waals surface area contributed by atoms with Gasteiger partial charge in [0.05, 0.1) is 0 Å². The summed E-state index contributed by atoms with van der Waals surface area (Å²) < 4.78 is 30.2. The Morgan fingerprint density at radius 3 is 2.67 bits per heavy atom. The average molecular weight is 187 g/mol. The summed E-state index contributed by atoms with van der Waals surface area (Å²) >= 11 is 0. The van der Waals surface area contributed by atoms with Crippen LogP contribution >= 0.6 is 0 Å². The van der Waals surface area contributed by atoms with Crippen molar-refractivity contribution in [1.29, 1.82) is 0 Å². The van der Waals surface area contributed by atoms with Crippen LogP contribution in [-0.4, -0.2) is 13.0 Å². The van der Waals surface area contributed by atoms with Crippen molar-refractivity contribution in [2.24, 2.45) is 0 Å². The summed E-state index contributed by atoms with van der Waals surface area (Å²) in [5.41, 5.74) is 0.475. The van der Waals surface area contributed by atoms with E-state index >= 15 is 0 Å². The van der Waals surface area contributed by atoms with E-state index in [1.54, 1.807) is 25.2 Å². The Balaban J connectivity index is 3.19. The summed E-state index contributed by atoms with van der Waals surface area (Å²) in [7, 11) is -4.13. The first-order chi connectivity index (χ1) is 5.52. The maximum atomic E-state index is 10.7. The smallest absolute Gasteiger partial charge is 0.310 e. The molecule has 0 aromatic rings. The molecule has 1 aliphatic rings. The van der Waals surface area contributed by atoms with Crippen molar-refractivity contribution in [2.45, 2.75) is 6.92 Å². The first-order valence-corrected chi connectivity index (χ1v) is 4.74. The van der Waals surface area contributed by atoms with Crippen LogP contribution in [0.3, 0.4) is 0 Å². The number of nitrogens with one attached hydrogen (secondary N) is 1. The predicted octanol–water partition coefficient (Wildman–Crippen LogP) is 0.779. The van der Waals surface area contributed by atoms with E-state index in [2.05, 4.69) is 5.32 Å². The minimum Gasteiger partial charge on any atom is -0.350 e. The van der Waals surface area contributed by atoms with Gasteiger partial charge in [-0.25, -0.2) is 0 Å². The maximum Gasteiger partial charge on any atom is 0.310 e. The highest BCUT2D eigenvalue weighted by molar-refractivity contribution is 7.89. The molecule has 0 unspecified atom stereocenters. The van der Waals surface area contributed by atoms with E-state index in [0.29, 0.717) is 5.57 Å². The van der Waals surface area contributed by atoms with Crippen LogP contribution in [0.4, 0.5) is 0 Å². The van der Waals surface area contributed by atoms with Crippen LogP contribution in [0.25, 0.3) is 0 Å². The molecule has 0 aromatic carbocycles. The van der Waals surface area contributed by atoms with Crippen molar-refractivity contribution in [3.63, 3.8) is 0 Å². The average Bonchev–Trinajstić information content (AvgIpc) is 2.11. The normalized spacial score (nSPS) is 17.5. The highest BCUT2D eigenvalue weighted by atomic mass is 32.2. The van der Waals surface area contributed by atoms with Gasteiger partial charge in [0, 0.05) is 6.20 Å². The molecule has 0 saturated carbocycles. The summed E-state index contributed by atoms with van der Waals surface area (Å²) in [6, 6.07) is 0. The zero-order chi connectivity index (χ0) is 9.19. The van der Waals surface area contributed by atoms with Gasteiger partial charge in [-0.15, -0.1) is 0 Å². The Kier molecular flexibility index (Phi) is 2.35. The minimum absolute atomic E-state index is 0.174. The molecule has 0 bridgehead atoms. The predicted molar refractivity (Wildman–Crippen MR) is 45.7 cm³/mol. The molecule has 0 fully saturated rings. The fraction of sp³-hybridized carbons (Fsp3) is 0.143. The molecule has 0 saturated heterocycles. The molecule has 0 aromatic heterocycles. The molecule has 0 atom stereocenters. The first-order valence-electron chi connectivity index (χ1n) is 3.30. The standard InChI is InChI=1S/C7H9NO3S/c1-6-4-2-3-5-8-7(6)12(9,10)11/h2-5,8H,1H3,(H,9,10,11). The van der Waals surface area contributed by atoms with Gasteiger partial charge in [0.1, 0.15) is 0 Å². The van der Waals surface area contributed by atoms with Crippen LogP contribution in [0.15, 0.2) is 35.0 Å². The second-order valence-corrected chi connectivity index (χ2v) is 3.71. The van der Waals surface area contributed by atoms with Gasteiger partial charge in [-0.3, -0.25) is 4.55 Å². The third kappa shape index (κ3) is 1.96. The van der Waals surface area contributed by atoms with Crippen LogP contribution in [0.5, 0.6) is 0 Å². The number of hydrogen-bond donors (Lipinski definition) is 2. The summed E-state index contributed by atoms with van der Waals surface area (Å²) in [4.78, 5) is 0.